The van der Waals surface area contributed by atoms with Gasteiger partial charge in [-0.05, 0) is 89.9 Å². The summed E-state index contributed by atoms with van der Waals surface area (Å²) in [6.07, 6.45) is 0. The van der Waals surface area contributed by atoms with E-state index in [1.165, 1.54) is 0 Å². The van der Waals surface area contributed by atoms with Crippen molar-refractivity contribution in [3.63, 3.8) is 0 Å². The van der Waals surface area contributed by atoms with Crippen LogP contribution < -0.4 is 0 Å². The molecule has 200 valence electrons. The molecule has 0 saturated heterocycles. The van der Waals surface area contributed by atoms with Gasteiger partial charge in [0.25, 0.3) is 0 Å². The van der Waals surface area contributed by atoms with E-state index in [2.05, 4.69) is 0 Å². The van der Waals surface area contributed by atoms with Gasteiger partial charge >= 0.3 is 0 Å². The number of hydrogen-bond donors (Lipinski definition) is 0. The molecule has 0 atom stereocenters. The monoisotopic (exact) mass is 572 g/mol. The van der Waals surface area contributed by atoms with Gasteiger partial charge in [-0.2, -0.15) is 0 Å². The number of rotatable bonds is 3. The fourth-order valence-corrected chi connectivity index (χ4v) is 5.02. The van der Waals surface area contributed by atoms with E-state index in [9.17, 15) is 13.7 Å². The highest BCUT2D eigenvalue weighted by molar-refractivity contribution is 6.22. The van der Waals surface area contributed by atoms with Gasteiger partial charge in [0.05, 0.1) is 35.6 Å². The zero-order chi connectivity index (χ0) is 51.0. The first-order valence-electron chi connectivity index (χ1n) is 25.7. The Morgan fingerprint density at radius 1 is 0.326 bits per heavy atom. The largest absolute Gasteiger partial charge is 0.456 e. The van der Waals surface area contributed by atoms with Crippen LogP contribution in [0.3, 0.4) is 0 Å². The van der Waals surface area contributed by atoms with Crippen LogP contribution in [0.15, 0.2) is 162 Å². The first kappa shape index (κ1) is 9.69. The van der Waals surface area contributed by atoms with Gasteiger partial charge in [0, 0.05) is 10.8 Å². The summed E-state index contributed by atoms with van der Waals surface area (Å²) in [5, 5.41) is -4.81. The number of furan rings is 1. The van der Waals surface area contributed by atoms with Gasteiger partial charge in [0.2, 0.25) is 0 Å². The van der Waals surface area contributed by atoms with Crippen molar-refractivity contribution in [1.29, 1.82) is 0 Å². The average molecular weight is 573 g/mol. The minimum absolute atomic E-state index is 0.412. The lowest BCUT2D eigenvalue weighted by Gasteiger charge is -2.18. The first-order valence-corrected chi connectivity index (χ1v) is 12.7. The third-order valence-corrected chi connectivity index (χ3v) is 6.89. The van der Waals surface area contributed by atoms with Gasteiger partial charge in [-0.3, -0.25) is 0 Å². The van der Waals surface area contributed by atoms with Crippen LogP contribution in [-0.2, 0) is 0 Å². The first-order chi connectivity index (χ1) is 32.2. The van der Waals surface area contributed by atoms with Crippen molar-refractivity contribution >= 4 is 54.3 Å². The molecule has 0 aliphatic carbocycles. The van der Waals surface area contributed by atoms with E-state index in [0.29, 0.717) is 0 Å². The molecular weight excluding hydrogens is 520 g/mol. The summed E-state index contributed by atoms with van der Waals surface area (Å²) in [7, 11) is 0. The van der Waals surface area contributed by atoms with Gasteiger partial charge in [-0.1, -0.05) is 133 Å². The van der Waals surface area contributed by atoms with Crippen LogP contribution in [0.1, 0.15) is 35.6 Å². The van der Waals surface area contributed by atoms with Gasteiger partial charge in [-0.25, -0.2) is 0 Å². The molecule has 0 spiro atoms. The van der Waals surface area contributed by atoms with Crippen molar-refractivity contribution in [3.05, 3.63) is 157 Å². The zero-order valence-corrected chi connectivity index (χ0v) is 21.4. The van der Waals surface area contributed by atoms with Gasteiger partial charge in [-0.15, -0.1) is 0 Å². The third kappa shape index (κ3) is 3.79. The predicted molar refractivity (Wildman–Crippen MR) is 183 cm³/mol. The summed E-state index contributed by atoms with van der Waals surface area (Å²) >= 11 is 0. The van der Waals surface area contributed by atoms with E-state index in [1.807, 2.05) is 0 Å². The standard InChI is InChI=1S/C42H26O/c1-2-10-30-25-31(22-19-27(30)9-1)28-17-20-29(21-18-28)41-34-12-3-5-14-36(34)42(37-15-6-4-13-35(37)41)32-23-24-40-38(26-32)33-11-7-8-16-39(33)43-40/h1-26H/i1D,2D,3D,4D,5D,6D,7D,8D,9D,10D,11D,12D,13D,14D,15D,16D,17D,18D,19D,20D,21D,22D,23D,24D,25D,26D. The van der Waals surface area contributed by atoms with Crippen molar-refractivity contribution in [2.45, 2.75) is 0 Å². The molecule has 9 aromatic rings. The second kappa shape index (κ2) is 9.44. The SMILES string of the molecule is [2H]c1c([2H])c(-c2c3c([2H])c([2H])c([2H])c([2H])c3c(-c3c([2H])c([2H])c4oc5c([2H])c([2H])c([2H])c([2H])c5c4c3[2H])c3c([2H])c([2H])c([2H])c([2H])c23)c([2H])c([2H])c1-c1c([2H])c([2H])c2c([2H])c([2H])c([2H])c([2H])c2c1[2H]. The zero-order valence-electron chi connectivity index (χ0n) is 47.4. The van der Waals surface area contributed by atoms with Crippen LogP contribution in [0.5, 0.6) is 0 Å². The fourth-order valence-electron chi connectivity index (χ4n) is 5.02. The smallest absolute Gasteiger partial charge is 0.135 e. The summed E-state index contributed by atoms with van der Waals surface area (Å²) in [6, 6.07) is -23.3. The molecule has 0 bridgehead atoms. The van der Waals surface area contributed by atoms with Crippen molar-refractivity contribution in [2.75, 3.05) is 0 Å². The van der Waals surface area contributed by atoms with E-state index in [1.54, 1.807) is 0 Å². The topological polar surface area (TPSA) is 13.1 Å². The number of benzene rings is 8. The second-order valence-corrected chi connectivity index (χ2v) is 9.26. The van der Waals surface area contributed by atoms with E-state index in [4.69, 9.17) is 26.3 Å². The summed E-state index contributed by atoms with van der Waals surface area (Å²) in [4.78, 5) is 0. The number of para-hydroxylation sites is 1. The molecule has 0 amide bonds. The van der Waals surface area contributed by atoms with Crippen LogP contribution >= 0.6 is 0 Å². The summed E-state index contributed by atoms with van der Waals surface area (Å²) in [5.74, 6) is 0. The lowest BCUT2D eigenvalue weighted by Crippen LogP contribution is -1.91. The van der Waals surface area contributed by atoms with E-state index in [-0.39, 0.29) is 0 Å². The Kier molecular flexibility index (Phi) is 2.13. The molecule has 0 radical (unpaired) electrons. The fraction of sp³-hybridized carbons (Fsp3) is 0. The lowest BCUT2D eigenvalue weighted by molar-refractivity contribution is 0.669. The molecule has 1 aromatic heterocycles. The van der Waals surface area contributed by atoms with E-state index >= 15 is 0 Å². The summed E-state index contributed by atoms with van der Waals surface area (Å²) < 4.78 is 237. The van der Waals surface area contributed by atoms with Crippen molar-refractivity contribution < 1.29 is 40.1 Å². The van der Waals surface area contributed by atoms with Crippen LogP contribution in [0.2, 0.25) is 0 Å². The third-order valence-electron chi connectivity index (χ3n) is 6.89. The van der Waals surface area contributed by atoms with Crippen molar-refractivity contribution in [3.8, 4) is 33.4 Å². The minimum Gasteiger partial charge on any atom is -0.456 e. The summed E-state index contributed by atoms with van der Waals surface area (Å²) in [5.41, 5.74) is -5.58. The average Bonchev–Trinajstić information content (AvgIpc) is 3.73. The molecule has 0 unspecified atom stereocenters. The highest BCUT2D eigenvalue weighted by Crippen LogP contribution is 2.45. The molecule has 0 N–H and O–H groups in total. The molecule has 0 saturated carbocycles. The van der Waals surface area contributed by atoms with Gasteiger partial charge in [0.1, 0.15) is 11.2 Å². The van der Waals surface area contributed by atoms with Crippen LogP contribution in [-0.4, -0.2) is 0 Å². The molecule has 1 heterocycles. The highest BCUT2D eigenvalue weighted by Gasteiger charge is 2.17. The number of hydrogen-bond acceptors (Lipinski definition) is 1. The maximum absolute atomic E-state index is 9.59. The van der Waals surface area contributed by atoms with E-state index < -0.39 is 245 Å². The predicted octanol–water partition coefficient (Wildman–Crippen LogP) is 12.0. The van der Waals surface area contributed by atoms with Crippen LogP contribution in [0.25, 0.3) is 87.6 Å². The molecular formula is C42H26O. The molecule has 0 aliphatic heterocycles. The minimum atomic E-state index is -1.07. The Balaban J connectivity index is 1.54. The molecule has 1 nitrogen and oxygen atoms in total. The Hall–Kier alpha value is -5.66. The summed E-state index contributed by atoms with van der Waals surface area (Å²) in [6.45, 7) is 0. The second-order valence-electron chi connectivity index (χ2n) is 9.26. The van der Waals surface area contributed by atoms with Gasteiger partial charge < -0.3 is 4.42 Å². The maximum atomic E-state index is 9.59. The molecule has 8 aromatic carbocycles. The highest BCUT2D eigenvalue weighted by atomic mass is 16.3. The maximum Gasteiger partial charge on any atom is 0.135 e. The quantitative estimate of drug-likeness (QED) is 0.192. The molecule has 43 heavy (non-hydrogen) atoms. The molecule has 0 aliphatic rings. The van der Waals surface area contributed by atoms with Gasteiger partial charge in [0.15, 0.2) is 0 Å². The molecule has 0 fully saturated rings. The molecule has 1 heteroatoms. The Morgan fingerprint density at radius 3 is 1.51 bits per heavy atom. The Bertz CT molecular complexity index is 3860. The van der Waals surface area contributed by atoms with Crippen molar-refractivity contribution in [1.82, 2.24) is 0 Å². The number of fused-ring (bicyclic) bond motifs is 6. The Morgan fingerprint density at radius 2 is 0.814 bits per heavy atom. The van der Waals surface area contributed by atoms with Crippen LogP contribution in [0, 0.1) is 0 Å². The normalized spacial score (nSPS) is 20.2. The van der Waals surface area contributed by atoms with Crippen molar-refractivity contribution in [2.24, 2.45) is 0 Å². The Labute approximate surface area is 285 Å². The lowest BCUT2D eigenvalue weighted by atomic mass is 9.85. The van der Waals surface area contributed by atoms with Crippen LogP contribution in [0.4, 0.5) is 0 Å². The molecule has 9 rings (SSSR count). The van der Waals surface area contributed by atoms with E-state index in [0.717, 1.165) is 0 Å².